The summed E-state index contributed by atoms with van der Waals surface area (Å²) in [5.74, 6) is 0.653. The van der Waals surface area contributed by atoms with E-state index in [0.717, 1.165) is 17.7 Å². The molecule has 228 valence electrons. The molecule has 1 aromatic carbocycles. The van der Waals surface area contributed by atoms with Gasteiger partial charge < -0.3 is 33.9 Å². The molecule has 0 aromatic heterocycles. The van der Waals surface area contributed by atoms with Gasteiger partial charge in [-0.1, -0.05) is 12.1 Å². The monoisotopic (exact) mass is 574 g/mol. The van der Waals surface area contributed by atoms with Crippen molar-refractivity contribution in [2.45, 2.75) is 110 Å². The number of likely N-dealkylation sites (tertiary alicyclic amines) is 1. The van der Waals surface area contributed by atoms with Crippen LogP contribution in [0.5, 0.6) is 11.5 Å². The maximum atomic E-state index is 13.8. The van der Waals surface area contributed by atoms with Crippen molar-refractivity contribution in [1.82, 2.24) is 10.2 Å². The number of nitrogens with one attached hydrogen (secondary N) is 1. The normalized spacial score (nSPS) is 25.8. The third kappa shape index (κ3) is 7.26. The summed E-state index contributed by atoms with van der Waals surface area (Å²) >= 11 is 0. The van der Waals surface area contributed by atoms with Crippen molar-refractivity contribution in [2.75, 3.05) is 20.2 Å². The van der Waals surface area contributed by atoms with Crippen molar-refractivity contribution in [2.24, 2.45) is 11.8 Å². The zero-order chi connectivity index (χ0) is 30.3. The fraction of sp³-hybridized carbons (Fsp3) is 0.710. The number of carbonyl (C=O) groups is 3. The Morgan fingerprint density at radius 1 is 1.10 bits per heavy atom. The second-order valence-electron chi connectivity index (χ2n) is 13.8. The van der Waals surface area contributed by atoms with E-state index in [1.807, 2.05) is 18.2 Å². The molecule has 0 spiro atoms. The van der Waals surface area contributed by atoms with Gasteiger partial charge in [0.15, 0.2) is 11.5 Å². The predicted molar refractivity (Wildman–Crippen MR) is 152 cm³/mol. The number of rotatable bonds is 5. The lowest BCUT2D eigenvalue weighted by Gasteiger charge is -2.53. The Morgan fingerprint density at radius 3 is 2.41 bits per heavy atom. The van der Waals surface area contributed by atoms with E-state index >= 15 is 0 Å². The molecule has 2 amide bonds. The maximum absolute atomic E-state index is 13.8. The summed E-state index contributed by atoms with van der Waals surface area (Å²) in [6.07, 6.45) is 0.233. The van der Waals surface area contributed by atoms with Crippen LogP contribution in [-0.2, 0) is 23.8 Å². The molecule has 2 saturated heterocycles. The fourth-order valence-corrected chi connectivity index (χ4v) is 6.07. The first-order chi connectivity index (χ1) is 19.0. The molecule has 3 heterocycles. The van der Waals surface area contributed by atoms with Gasteiger partial charge in [-0.05, 0) is 74.3 Å². The minimum atomic E-state index is -1.11. The SMILES string of the molecule is COc1cccc2c1OC(C)(C)[C@@H]1C[C@H]3CN(C(=O)[C@H](CC(=O)OC(C)(C)C)NC(=O)OC(C)(C)C)CC[C@H]3O[C@@H]21. The van der Waals surface area contributed by atoms with Crippen LogP contribution in [0.2, 0.25) is 0 Å². The highest BCUT2D eigenvalue weighted by Gasteiger charge is 2.52. The first-order valence-electron chi connectivity index (χ1n) is 14.5. The quantitative estimate of drug-likeness (QED) is 0.500. The Kier molecular flexibility index (Phi) is 8.56. The molecule has 10 heteroatoms. The Balaban J connectivity index is 1.50. The number of para-hydroxylation sites is 1. The molecule has 41 heavy (non-hydrogen) atoms. The highest BCUT2D eigenvalue weighted by atomic mass is 16.6. The fourth-order valence-electron chi connectivity index (χ4n) is 6.07. The molecular weight excluding hydrogens is 528 g/mol. The lowest BCUT2D eigenvalue weighted by atomic mass is 9.70. The minimum absolute atomic E-state index is 0.0311. The minimum Gasteiger partial charge on any atom is -0.493 e. The zero-order valence-electron chi connectivity index (χ0n) is 25.9. The third-order valence-corrected chi connectivity index (χ3v) is 7.79. The van der Waals surface area contributed by atoms with E-state index in [0.29, 0.717) is 25.3 Å². The van der Waals surface area contributed by atoms with E-state index in [1.165, 1.54) is 0 Å². The molecule has 0 aliphatic carbocycles. The number of nitrogens with zero attached hydrogens (tertiary/aromatic N) is 1. The second-order valence-corrected chi connectivity index (χ2v) is 13.8. The van der Waals surface area contributed by atoms with Crippen molar-refractivity contribution in [3.05, 3.63) is 23.8 Å². The molecular formula is C31H46N2O8. The summed E-state index contributed by atoms with van der Waals surface area (Å²) in [6, 6.07) is 4.77. The van der Waals surface area contributed by atoms with E-state index in [4.69, 9.17) is 23.7 Å². The number of methoxy groups -OCH3 is 1. The Bertz CT molecular complexity index is 1120. The first kappa shape index (κ1) is 30.9. The van der Waals surface area contributed by atoms with Gasteiger partial charge in [-0.3, -0.25) is 9.59 Å². The molecule has 4 rings (SSSR count). The smallest absolute Gasteiger partial charge is 0.408 e. The summed E-state index contributed by atoms with van der Waals surface area (Å²) in [4.78, 5) is 40.8. The standard InChI is InChI=1S/C31H46N2O8/c1-29(2,3)39-24(34)16-21(32-28(36)41-30(4,5)6)27(35)33-14-13-22-18(17-33)15-20-25(38-22)19-11-10-12-23(37-9)26(19)40-31(20,7)8/h10-12,18,20-22,25H,13-17H2,1-9H3,(H,32,36)/t18-,20+,21-,22+,25-/m0/s1. The van der Waals surface area contributed by atoms with Crippen LogP contribution >= 0.6 is 0 Å². The zero-order valence-corrected chi connectivity index (χ0v) is 25.9. The number of alkyl carbamates (subject to hydrolysis) is 1. The Hall–Kier alpha value is -3.01. The van der Waals surface area contributed by atoms with Crippen LogP contribution in [-0.4, -0.2) is 72.0 Å². The van der Waals surface area contributed by atoms with Gasteiger partial charge in [0.25, 0.3) is 0 Å². The van der Waals surface area contributed by atoms with E-state index in [2.05, 4.69) is 19.2 Å². The van der Waals surface area contributed by atoms with Crippen LogP contribution in [0.15, 0.2) is 18.2 Å². The van der Waals surface area contributed by atoms with Gasteiger partial charge in [-0.2, -0.15) is 0 Å². The number of esters is 1. The van der Waals surface area contributed by atoms with Crippen molar-refractivity contribution in [3.63, 3.8) is 0 Å². The van der Waals surface area contributed by atoms with E-state index in [1.54, 1.807) is 53.6 Å². The van der Waals surface area contributed by atoms with Crippen LogP contribution in [0, 0.1) is 11.8 Å². The van der Waals surface area contributed by atoms with Gasteiger partial charge in [-0.25, -0.2) is 4.79 Å². The highest BCUT2D eigenvalue weighted by Crippen LogP contribution is 2.55. The molecule has 1 aromatic rings. The summed E-state index contributed by atoms with van der Waals surface area (Å²) in [7, 11) is 1.64. The number of piperidine rings is 1. The molecule has 3 aliphatic rings. The van der Waals surface area contributed by atoms with Gasteiger partial charge >= 0.3 is 12.1 Å². The van der Waals surface area contributed by atoms with E-state index in [-0.39, 0.29) is 36.4 Å². The van der Waals surface area contributed by atoms with Crippen molar-refractivity contribution in [3.8, 4) is 11.5 Å². The van der Waals surface area contributed by atoms with Gasteiger partial charge in [0.05, 0.1) is 25.7 Å². The first-order valence-corrected chi connectivity index (χ1v) is 14.5. The molecule has 10 nitrogen and oxygen atoms in total. The number of carbonyl (C=O) groups excluding carboxylic acids is 3. The van der Waals surface area contributed by atoms with E-state index < -0.39 is 34.9 Å². The number of hydrogen-bond acceptors (Lipinski definition) is 8. The van der Waals surface area contributed by atoms with Gasteiger partial charge in [0.2, 0.25) is 5.91 Å². The summed E-state index contributed by atoms with van der Waals surface area (Å²) in [5, 5.41) is 2.62. The number of amides is 2. The van der Waals surface area contributed by atoms with Gasteiger partial charge in [0, 0.05) is 30.5 Å². The van der Waals surface area contributed by atoms with Gasteiger partial charge in [-0.15, -0.1) is 0 Å². The maximum Gasteiger partial charge on any atom is 0.408 e. The average molecular weight is 575 g/mol. The molecule has 0 bridgehead atoms. The summed E-state index contributed by atoms with van der Waals surface area (Å²) < 4.78 is 29.6. The topological polar surface area (TPSA) is 113 Å². The number of ether oxygens (including phenoxy) is 5. The van der Waals surface area contributed by atoms with Crippen LogP contribution in [0.3, 0.4) is 0 Å². The van der Waals surface area contributed by atoms with E-state index in [9.17, 15) is 14.4 Å². The second kappa shape index (κ2) is 11.3. The summed E-state index contributed by atoms with van der Waals surface area (Å²) in [5.41, 5.74) is -0.997. The van der Waals surface area contributed by atoms with Crippen LogP contribution in [0.25, 0.3) is 0 Å². The lowest BCUT2D eigenvalue weighted by Crippen LogP contribution is -2.58. The molecule has 1 N–H and O–H groups in total. The van der Waals surface area contributed by atoms with Crippen molar-refractivity contribution >= 4 is 18.0 Å². The predicted octanol–water partition coefficient (Wildman–Crippen LogP) is 4.79. The van der Waals surface area contributed by atoms with Crippen molar-refractivity contribution in [1.29, 1.82) is 0 Å². The third-order valence-electron chi connectivity index (χ3n) is 7.79. The summed E-state index contributed by atoms with van der Waals surface area (Å²) in [6.45, 7) is 15.5. The Morgan fingerprint density at radius 2 is 1.78 bits per heavy atom. The van der Waals surface area contributed by atoms with Crippen LogP contribution in [0.1, 0.15) is 86.3 Å². The molecule has 0 radical (unpaired) electrons. The molecule has 2 fully saturated rings. The van der Waals surface area contributed by atoms with Crippen molar-refractivity contribution < 1.29 is 38.1 Å². The largest absolute Gasteiger partial charge is 0.493 e. The molecule has 0 unspecified atom stereocenters. The highest BCUT2D eigenvalue weighted by molar-refractivity contribution is 5.89. The lowest BCUT2D eigenvalue weighted by molar-refractivity contribution is -0.189. The molecule has 5 atom stereocenters. The number of hydrogen-bond donors (Lipinski definition) is 1. The van der Waals surface area contributed by atoms with Crippen LogP contribution < -0.4 is 14.8 Å². The van der Waals surface area contributed by atoms with Gasteiger partial charge in [0.1, 0.15) is 22.8 Å². The molecule has 3 aliphatic heterocycles. The number of benzene rings is 1. The number of fused-ring (bicyclic) bond motifs is 4. The molecule has 0 saturated carbocycles. The average Bonchev–Trinajstić information content (AvgIpc) is 2.84. The Labute approximate surface area is 243 Å². The van der Waals surface area contributed by atoms with Crippen LogP contribution in [0.4, 0.5) is 4.79 Å².